The Hall–Kier alpha value is -2.93. The molecule has 3 N–H and O–H groups in total. The quantitative estimate of drug-likeness (QED) is 0.257. The Labute approximate surface area is 238 Å². The maximum Gasteiger partial charge on any atom is 0.145 e. The number of anilines is 1. The fourth-order valence-corrected chi connectivity index (χ4v) is 7.56. The number of nitrogens with one attached hydrogen (secondary N) is 1. The lowest BCUT2D eigenvalue weighted by molar-refractivity contribution is -0.00106. The minimum atomic E-state index is 0.159. The zero-order valence-electron chi connectivity index (χ0n) is 24.4. The zero-order valence-corrected chi connectivity index (χ0v) is 24.4. The van der Waals surface area contributed by atoms with E-state index in [1.807, 2.05) is 0 Å². The third-order valence-corrected chi connectivity index (χ3v) is 10.3. The summed E-state index contributed by atoms with van der Waals surface area (Å²) >= 11 is 0. The van der Waals surface area contributed by atoms with Crippen LogP contribution in [0.5, 0.6) is 0 Å². The van der Waals surface area contributed by atoms with Crippen molar-refractivity contribution in [3.63, 3.8) is 0 Å². The summed E-state index contributed by atoms with van der Waals surface area (Å²) in [4.78, 5) is 20.2. The molecular formula is C33H45N7. The van der Waals surface area contributed by atoms with Gasteiger partial charge >= 0.3 is 0 Å². The molecule has 7 rings (SSSR count). The molecule has 0 aliphatic heterocycles. The monoisotopic (exact) mass is 539 g/mol. The lowest BCUT2D eigenvalue weighted by atomic mass is 9.74. The number of aromatic nitrogens is 5. The van der Waals surface area contributed by atoms with Gasteiger partial charge in [0.15, 0.2) is 0 Å². The van der Waals surface area contributed by atoms with Gasteiger partial charge in [-0.05, 0) is 92.4 Å². The molecule has 40 heavy (non-hydrogen) atoms. The van der Waals surface area contributed by atoms with Gasteiger partial charge in [-0.1, -0.05) is 33.3 Å². The normalized spacial score (nSPS) is 25.6. The van der Waals surface area contributed by atoms with E-state index in [9.17, 15) is 0 Å². The summed E-state index contributed by atoms with van der Waals surface area (Å²) in [7, 11) is 0. The van der Waals surface area contributed by atoms with E-state index in [0.717, 1.165) is 52.7 Å². The van der Waals surface area contributed by atoms with E-state index < -0.39 is 0 Å². The number of benzene rings is 1. The Morgan fingerprint density at radius 1 is 1.00 bits per heavy atom. The van der Waals surface area contributed by atoms with Crippen LogP contribution in [0.25, 0.3) is 22.1 Å². The van der Waals surface area contributed by atoms with Crippen LogP contribution in [0.2, 0.25) is 0 Å². The van der Waals surface area contributed by atoms with Crippen molar-refractivity contribution in [2.75, 3.05) is 12.3 Å². The summed E-state index contributed by atoms with van der Waals surface area (Å²) in [5, 5.41) is 0.986. The molecule has 3 aliphatic carbocycles. The molecule has 212 valence electrons. The zero-order chi connectivity index (χ0) is 27.4. The molecule has 2 unspecified atom stereocenters. The molecule has 0 radical (unpaired) electrons. The minimum absolute atomic E-state index is 0.159. The van der Waals surface area contributed by atoms with Crippen molar-refractivity contribution in [3.05, 3.63) is 48.2 Å². The number of imidazole rings is 1. The van der Waals surface area contributed by atoms with E-state index in [0.29, 0.717) is 11.9 Å². The molecule has 4 aromatic rings. The molecular weight excluding hydrogens is 494 g/mol. The maximum atomic E-state index is 6.10. The summed E-state index contributed by atoms with van der Waals surface area (Å²) in [6, 6.07) is 10.9. The van der Waals surface area contributed by atoms with Gasteiger partial charge in [0.05, 0.1) is 16.4 Å². The van der Waals surface area contributed by atoms with Crippen molar-refractivity contribution in [1.29, 1.82) is 0 Å². The first-order chi connectivity index (χ1) is 19.3. The van der Waals surface area contributed by atoms with E-state index in [-0.39, 0.29) is 5.41 Å². The van der Waals surface area contributed by atoms with Crippen LogP contribution < -0.4 is 5.73 Å². The number of nitrogens with two attached hydrogens (primary N) is 1. The summed E-state index contributed by atoms with van der Waals surface area (Å²) < 4.78 is 2.36. The van der Waals surface area contributed by atoms with Gasteiger partial charge in [-0.3, -0.25) is 4.90 Å². The first-order valence-corrected chi connectivity index (χ1v) is 15.6. The van der Waals surface area contributed by atoms with Gasteiger partial charge in [-0.2, -0.15) is 0 Å². The summed E-state index contributed by atoms with van der Waals surface area (Å²) in [5.74, 6) is 3.35. The summed E-state index contributed by atoms with van der Waals surface area (Å²) in [6.45, 7) is 8.08. The highest BCUT2D eigenvalue weighted by atomic mass is 15.2. The number of nitrogens with zero attached hydrogens (tertiary/aromatic N) is 5. The molecule has 1 aromatic carbocycles. The van der Waals surface area contributed by atoms with Crippen molar-refractivity contribution in [3.8, 4) is 0 Å². The van der Waals surface area contributed by atoms with E-state index in [1.54, 1.807) is 6.33 Å². The van der Waals surface area contributed by atoms with Crippen LogP contribution in [0.1, 0.15) is 96.0 Å². The van der Waals surface area contributed by atoms with Crippen LogP contribution in [0.15, 0.2) is 36.8 Å². The van der Waals surface area contributed by atoms with Crippen LogP contribution in [0, 0.1) is 11.8 Å². The van der Waals surface area contributed by atoms with Crippen LogP contribution in [-0.2, 0) is 11.8 Å². The Morgan fingerprint density at radius 2 is 1.85 bits per heavy atom. The number of fused-ring (bicyclic) bond motifs is 2. The average Bonchev–Trinajstić information content (AvgIpc) is 3.59. The van der Waals surface area contributed by atoms with Gasteiger partial charge in [0.1, 0.15) is 23.6 Å². The van der Waals surface area contributed by atoms with Crippen molar-refractivity contribution in [1.82, 2.24) is 29.4 Å². The SMILES string of the molecule is CC(C)(C)c1ccc2nc(CCC3CC(N(CC4CCC(n5ccc6c(N)ncnc65)C4)C4CCC4)C3)[nH]c2c1. The number of rotatable bonds is 8. The molecule has 3 aliphatic rings. The third-order valence-electron chi connectivity index (χ3n) is 10.3. The van der Waals surface area contributed by atoms with Gasteiger partial charge in [0, 0.05) is 37.3 Å². The van der Waals surface area contributed by atoms with Gasteiger partial charge in [-0.25, -0.2) is 15.0 Å². The topological polar surface area (TPSA) is 88.7 Å². The van der Waals surface area contributed by atoms with Crippen LogP contribution in [0.3, 0.4) is 0 Å². The van der Waals surface area contributed by atoms with Crippen molar-refractivity contribution < 1.29 is 0 Å². The lowest BCUT2D eigenvalue weighted by Crippen LogP contribution is -2.53. The second kappa shape index (κ2) is 10.2. The molecule has 7 nitrogen and oxygen atoms in total. The number of hydrogen-bond acceptors (Lipinski definition) is 5. The van der Waals surface area contributed by atoms with Crippen LogP contribution in [0.4, 0.5) is 5.82 Å². The van der Waals surface area contributed by atoms with Crippen molar-refractivity contribution in [2.24, 2.45) is 11.8 Å². The maximum absolute atomic E-state index is 6.10. The molecule has 0 bridgehead atoms. The molecule has 3 heterocycles. The summed E-state index contributed by atoms with van der Waals surface area (Å²) in [6.07, 6.45) is 16.8. The van der Waals surface area contributed by atoms with Crippen molar-refractivity contribution in [2.45, 2.75) is 109 Å². The van der Waals surface area contributed by atoms with E-state index in [1.165, 1.54) is 75.4 Å². The van der Waals surface area contributed by atoms with Crippen LogP contribution in [-0.4, -0.2) is 48.0 Å². The number of hydrogen-bond donors (Lipinski definition) is 2. The molecule has 0 amide bonds. The first kappa shape index (κ1) is 26.0. The number of nitrogen functional groups attached to an aromatic ring is 1. The highest BCUT2D eigenvalue weighted by Gasteiger charge is 2.40. The predicted octanol–water partition coefficient (Wildman–Crippen LogP) is 6.79. The average molecular weight is 540 g/mol. The molecule has 7 heteroatoms. The standard InChI is InChI=1S/C33H45N7/c1-33(2,3)23-9-11-28-29(18-23)38-30(37-28)12-8-21-15-26(16-21)40(24-5-4-6-24)19-22-7-10-25(17-22)39-14-13-27-31(34)35-20-36-32(27)39/h9,11,13-14,18,20-22,24-26H,4-8,10,12,15-17,19H2,1-3H3,(H,37,38)(H2,34,35,36). The van der Waals surface area contributed by atoms with Gasteiger partial charge in [-0.15, -0.1) is 0 Å². The van der Waals surface area contributed by atoms with E-state index >= 15 is 0 Å². The van der Waals surface area contributed by atoms with Gasteiger partial charge < -0.3 is 15.3 Å². The van der Waals surface area contributed by atoms with Crippen molar-refractivity contribution >= 4 is 27.9 Å². The fourth-order valence-electron chi connectivity index (χ4n) is 7.56. The van der Waals surface area contributed by atoms with E-state index in [4.69, 9.17) is 10.7 Å². The molecule has 0 saturated heterocycles. The Morgan fingerprint density at radius 3 is 2.62 bits per heavy atom. The Balaban J connectivity index is 0.941. The molecule has 3 aromatic heterocycles. The van der Waals surface area contributed by atoms with Gasteiger partial charge in [0.25, 0.3) is 0 Å². The van der Waals surface area contributed by atoms with Crippen LogP contribution >= 0.6 is 0 Å². The smallest absolute Gasteiger partial charge is 0.145 e. The third kappa shape index (κ3) is 4.91. The first-order valence-electron chi connectivity index (χ1n) is 15.6. The highest BCUT2D eigenvalue weighted by molar-refractivity contribution is 5.86. The Bertz CT molecular complexity index is 1480. The molecule has 3 saturated carbocycles. The molecule has 3 fully saturated rings. The largest absolute Gasteiger partial charge is 0.383 e. The number of H-pyrrole nitrogens is 1. The predicted molar refractivity (Wildman–Crippen MR) is 162 cm³/mol. The van der Waals surface area contributed by atoms with Gasteiger partial charge in [0.2, 0.25) is 0 Å². The molecule has 2 atom stereocenters. The second-order valence-electron chi connectivity index (χ2n) is 14.0. The number of aromatic amines is 1. The highest BCUT2D eigenvalue weighted by Crippen LogP contribution is 2.43. The molecule has 0 spiro atoms. The summed E-state index contributed by atoms with van der Waals surface area (Å²) in [5.41, 5.74) is 10.9. The number of aryl methyl sites for hydroxylation is 1. The lowest BCUT2D eigenvalue weighted by Gasteiger charge is -2.50. The fraction of sp³-hybridized carbons (Fsp3) is 0.606. The second-order valence-corrected chi connectivity index (χ2v) is 14.0. The Kier molecular flexibility index (Phi) is 6.61. The minimum Gasteiger partial charge on any atom is -0.383 e. The van der Waals surface area contributed by atoms with E-state index in [2.05, 4.69) is 75.7 Å².